The third-order valence-electron chi connectivity index (χ3n) is 3.45. The van der Waals surface area contributed by atoms with Gasteiger partial charge < -0.3 is 20.0 Å². The van der Waals surface area contributed by atoms with Crippen LogP contribution in [-0.2, 0) is 6.54 Å². The minimum atomic E-state index is 0.240. The van der Waals surface area contributed by atoms with E-state index in [2.05, 4.69) is 24.8 Å². The second kappa shape index (κ2) is 4.22. The number of H-pyrrole nitrogens is 1. The van der Waals surface area contributed by atoms with Gasteiger partial charge in [-0.25, -0.2) is 4.98 Å². The van der Waals surface area contributed by atoms with E-state index in [1.165, 1.54) is 0 Å². The molecule has 102 valence electrons. The molecule has 0 radical (unpaired) electrons. The molecule has 0 spiro atoms. The number of aromatic nitrogens is 4. The Labute approximate surface area is 114 Å². The summed E-state index contributed by atoms with van der Waals surface area (Å²) >= 11 is 0. The number of nitrogen functional groups attached to an aromatic ring is 1. The summed E-state index contributed by atoms with van der Waals surface area (Å²) in [6.45, 7) is 0.669. The van der Waals surface area contributed by atoms with Crippen LogP contribution >= 0.6 is 0 Å². The topological polar surface area (TPSA) is 96.9 Å². The summed E-state index contributed by atoms with van der Waals surface area (Å²) in [4.78, 5) is 18.0. The lowest BCUT2D eigenvalue weighted by molar-refractivity contribution is 0.500. The van der Waals surface area contributed by atoms with Crippen molar-refractivity contribution >= 4 is 22.9 Å². The monoisotopic (exact) mass is 270 g/mol. The fourth-order valence-electron chi connectivity index (χ4n) is 2.38. The first-order chi connectivity index (χ1) is 9.81. The van der Waals surface area contributed by atoms with Crippen molar-refractivity contribution in [3.8, 4) is 0 Å². The van der Waals surface area contributed by atoms with E-state index < -0.39 is 0 Å². The van der Waals surface area contributed by atoms with Crippen molar-refractivity contribution in [1.29, 1.82) is 0 Å². The number of furan rings is 1. The van der Waals surface area contributed by atoms with Gasteiger partial charge >= 0.3 is 0 Å². The Balaban J connectivity index is 1.79. The Morgan fingerprint density at radius 2 is 2.30 bits per heavy atom. The number of nitrogens with zero attached hydrogens (tertiary/aromatic N) is 4. The van der Waals surface area contributed by atoms with E-state index in [0.29, 0.717) is 18.2 Å². The number of nitrogens with one attached hydrogen (secondary N) is 1. The van der Waals surface area contributed by atoms with Crippen molar-refractivity contribution in [3.63, 3.8) is 0 Å². The molecular formula is C13H14N6O. The maximum atomic E-state index is 5.79. The molecule has 0 atom stereocenters. The lowest BCUT2D eigenvalue weighted by Gasteiger charge is -2.22. The van der Waals surface area contributed by atoms with Gasteiger partial charge in [-0.2, -0.15) is 9.97 Å². The molecule has 7 heteroatoms. The molecule has 20 heavy (non-hydrogen) atoms. The maximum absolute atomic E-state index is 5.79. The highest BCUT2D eigenvalue weighted by Crippen LogP contribution is 2.34. The molecule has 0 saturated heterocycles. The van der Waals surface area contributed by atoms with Crippen LogP contribution < -0.4 is 10.6 Å². The number of anilines is 2. The molecule has 0 aliphatic heterocycles. The Hall–Kier alpha value is -2.57. The maximum Gasteiger partial charge on any atom is 0.224 e. The van der Waals surface area contributed by atoms with E-state index in [0.717, 1.165) is 29.9 Å². The van der Waals surface area contributed by atoms with Crippen molar-refractivity contribution in [2.75, 3.05) is 10.6 Å². The Morgan fingerprint density at radius 3 is 3.05 bits per heavy atom. The first kappa shape index (κ1) is 11.3. The van der Waals surface area contributed by atoms with Crippen LogP contribution in [0.3, 0.4) is 0 Å². The Kier molecular flexibility index (Phi) is 2.38. The van der Waals surface area contributed by atoms with Gasteiger partial charge in [-0.15, -0.1) is 0 Å². The van der Waals surface area contributed by atoms with Crippen molar-refractivity contribution in [3.05, 3.63) is 30.5 Å². The summed E-state index contributed by atoms with van der Waals surface area (Å²) in [7, 11) is 0. The van der Waals surface area contributed by atoms with Crippen LogP contribution in [0.2, 0.25) is 0 Å². The smallest absolute Gasteiger partial charge is 0.224 e. The van der Waals surface area contributed by atoms with E-state index >= 15 is 0 Å². The summed E-state index contributed by atoms with van der Waals surface area (Å²) in [5.74, 6) is 1.94. The lowest BCUT2D eigenvalue weighted by atomic mass is 10.3. The Bertz CT molecular complexity index is 730. The molecule has 0 amide bonds. The highest BCUT2D eigenvalue weighted by atomic mass is 16.3. The van der Waals surface area contributed by atoms with Gasteiger partial charge in [0, 0.05) is 6.04 Å². The fourth-order valence-corrected chi connectivity index (χ4v) is 2.38. The predicted molar refractivity (Wildman–Crippen MR) is 74.0 cm³/mol. The minimum Gasteiger partial charge on any atom is -0.467 e. The van der Waals surface area contributed by atoms with E-state index in [9.17, 15) is 0 Å². The highest BCUT2D eigenvalue weighted by Gasteiger charge is 2.32. The van der Waals surface area contributed by atoms with Crippen molar-refractivity contribution in [1.82, 2.24) is 19.9 Å². The minimum absolute atomic E-state index is 0.240. The van der Waals surface area contributed by atoms with E-state index in [-0.39, 0.29) is 5.95 Å². The van der Waals surface area contributed by atoms with Crippen LogP contribution in [-0.4, -0.2) is 26.0 Å². The van der Waals surface area contributed by atoms with Gasteiger partial charge in [-0.05, 0) is 25.0 Å². The molecule has 0 bridgehead atoms. The second-order valence-electron chi connectivity index (χ2n) is 4.94. The van der Waals surface area contributed by atoms with Crippen LogP contribution in [0.25, 0.3) is 11.2 Å². The van der Waals surface area contributed by atoms with Crippen molar-refractivity contribution in [2.24, 2.45) is 0 Å². The second-order valence-corrected chi connectivity index (χ2v) is 4.94. The largest absolute Gasteiger partial charge is 0.467 e. The SMILES string of the molecule is Nc1nc(N(Cc2ccco2)C2CC2)c2[nH]cnc2n1. The molecule has 3 aromatic rings. The van der Waals surface area contributed by atoms with E-state index in [1.54, 1.807) is 12.6 Å². The van der Waals surface area contributed by atoms with Crippen molar-refractivity contribution in [2.45, 2.75) is 25.4 Å². The molecule has 0 unspecified atom stereocenters. The lowest BCUT2D eigenvalue weighted by Crippen LogP contribution is -2.26. The molecule has 7 nitrogen and oxygen atoms in total. The van der Waals surface area contributed by atoms with Crippen LogP contribution in [0.1, 0.15) is 18.6 Å². The van der Waals surface area contributed by atoms with Crippen LogP contribution in [0.15, 0.2) is 29.1 Å². The van der Waals surface area contributed by atoms with Gasteiger partial charge in [0.1, 0.15) is 11.3 Å². The summed E-state index contributed by atoms with van der Waals surface area (Å²) in [5.41, 5.74) is 7.20. The van der Waals surface area contributed by atoms with Gasteiger partial charge in [0.15, 0.2) is 11.5 Å². The van der Waals surface area contributed by atoms with E-state index in [4.69, 9.17) is 10.2 Å². The van der Waals surface area contributed by atoms with Crippen LogP contribution in [0.4, 0.5) is 11.8 Å². The number of nitrogens with two attached hydrogens (primary N) is 1. The molecule has 3 N–H and O–H groups in total. The molecule has 3 heterocycles. The summed E-state index contributed by atoms with van der Waals surface area (Å²) in [5, 5.41) is 0. The van der Waals surface area contributed by atoms with Gasteiger partial charge in [-0.1, -0.05) is 0 Å². The Morgan fingerprint density at radius 1 is 1.40 bits per heavy atom. The van der Waals surface area contributed by atoms with Gasteiger partial charge in [0.25, 0.3) is 0 Å². The molecular weight excluding hydrogens is 256 g/mol. The zero-order valence-corrected chi connectivity index (χ0v) is 10.8. The van der Waals surface area contributed by atoms with Crippen molar-refractivity contribution < 1.29 is 4.42 Å². The molecule has 4 rings (SSSR count). The molecule has 3 aromatic heterocycles. The molecule has 1 aliphatic rings. The van der Waals surface area contributed by atoms with E-state index in [1.807, 2.05) is 12.1 Å². The molecule has 1 aliphatic carbocycles. The number of aromatic amines is 1. The van der Waals surface area contributed by atoms with Gasteiger partial charge in [0.05, 0.1) is 19.1 Å². The number of hydrogen-bond acceptors (Lipinski definition) is 6. The molecule has 1 fully saturated rings. The average molecular weight is 270 g/mol. The molecule has 0 aromatic carbocycles. The van der Waals surface area contributed by atoms with Gasteiger partial charge in [0.2, 0.25) is 5.95 Å². The quantitative estimate of drug-likeness (QED) is 0.749. The summed E-state index contributed by atoms with van der Waals surface area (Å²) in [6.07, 6.45) is 5.60. The third-order valence-corrected chi connectivity index (χ3v) is 3.45. The first-order valence-electron chi connectivity index (χ1n) is 6.57. The number of hydrogen-bond donors (Lipinski definition) is 2. The average Bonchev–Trinajstić information content (AvgIpc) is 2.96. The number of imidazole rings is 1. The summed E-state index contributed by atoms with van der Waals surface area (Å²) in [6, 6.07) is 4.32. The normalized spacial score (nSPS) is 14.8. The van der Waals surface area contributed by atoms with Crippen LogP contribution in [0, 0.1) is 0 Å². The standard InChI is InChI=1S/C13H14N6O/c14-13-17-11-10(15-7-16-11)12(18-13)19(8-3-4-8)6-9-2-1-5-20-9/h1-2,5,7-8H,3-4,6H2,(H3,14,15,16,17,18). The van der Waals surface area contributed by atoms with Gasteiger partial charge in [-0.3, -0.25) is 0 Å². The number of fused-ring (bicyclic) bond motifs is 1. The zero-order chi connectivity index (χ0) is 13.5. The fraction of sp³-hybridized carbons (Fsp3) is 0.308. The first-order valence-corrected chi connectivity index (χ1v) is 6.57. The predicted octanol–water partition coefficient (Wildman–Crippen LogP) is 1.70. The van der Waals surface area contributed by atoms with Crippen LogP contribution in [0.5, 0.6) is 0 Å². The highest BCUT2D eigenvalue weighted by molar-refractivity contribution is 5.84. The number of rotatable bonds is 4. The third kappa shape index (κ3) is 1.87. The summed E-state index contributed by atoms with van der Waals surface area (Å²) < 4.78 is 5.45. The molecule has 1 saturated carbocycles. The zero-order valence-electron chi connectivity index (χ0n) is 10.8.